The van der Waals surface area contributed by atoms with Gasteiger partial charge in [-0.1, -0.05) is 221 Å². The number of rotatable bonds is 50. The van der Waals surface area contributed by atoms with Gasteiger partial charge in [0.05, 0.1) is 0 Å². The number of carbonyl (C=O) groups is 3. The van der Waals surface area contributed by atoms with Crippen LogP contribution in [0.3, 0.4) is 0 Å². The molecule has 0 aromatic heterocycles. The Kier molecular flexibility index (Phi) is 52.9. The molecular weight excluding hydrogens is 841 g/mol. The molecule has 388 valence electrons. The summed E-state index contributed by atoms with van der Waals surface area (Å²) in [4.78, 5) is 38.0. The second kappa shape index (κ2) is 55.9. The van der Waals surface area contributed by atoms with Crippen molar-refractivity contribution < 1.29 is 28.6 Å². The zero-order valence-corrected chi connectivity index (χ0v) is 44.3. The van der Waals surface area contributed by atoms with Crippen LogP contribution in [0.1, 0.15) is 258 Å². The predicted molar refractivity (Wildman–Crippen MR) is 293 cm³/mol. The molecule has 0 rings (SSSR count). The van der Waals surface area contributed by atoms with Crippen LogP contribution >= 0.6 is 0 Å². The molecule has 0 bridgehead atoms. The molecule has 68 heavy (non-hydrogen) atoms. The Bertz CT molecular complexity index is 1360. The van der Waals surface area contributed by atoms with Gasteiger partial charge in [0.2, 0.25) is 0 Å². The minimum atomic E-state index is -0.800. The average Bonchev–Trinajstić information content (AvgIpc) is 3.34. The van der Waals surface area contributed by atoms with Crippen LogP contribution in [0.15, 0.2) is 97.2 Å². The Morgan fingerprint density at radius 2 is 0.603 bits per heavy atom. The highest BCUT2D eigenvalue weighted by Crippen LogP contribution is 2.14. The van der Waals surface area contributed by atoms with Gasteiger partial charge in [0.25, 0.3) is 0 Å². The molecule has 0 saturated heterocycles. The van der Waals surface area contributed by atoms with Gasteiger partial charge in [0.15, 0.2) is 6.10 Å². The fourth-order valence-corrected chi connectivity index (χ4v) is 7.56. The van der Waals surface area contributed by atoms with Gasteiger partial charge < -0.3 is 14.2 Å². The molecule has 0 saturated carbocycles. The predicted octanol–water partition coefficient (Wildman–Crippen LogP) is 18.9. The molecule has 0 aliphatic carbocycles. The van der Waals surface area contributed by atoms with Gasteiger partial charge in [-0.3, -0.25) is 14.4 Å². The number of unbranched alkanes of at least 4 members (excludes halogenated alkanes) is 23. The maximum Gasteiger partial charge on any atom is 0.306 e. The van der Waals surface area contributed by atoms with Gasteiger partial charge in [-0.05, 0) is 116 Å². The van der Waals surface area contributed by atoms with Crippen LogP contribution in [0, 0.1) is 0 Å². The van der Waals surface area contributed by atoms with Crippen molar-refractivity contribution in [3.05, 3.63) is 97.2 Å². The van der Waals surface area contributed by atoms with E-state index in [0.29, 0.717) is 19.3 Å². The third-order valence-electron chi connectivity index (χ3n) is 11.8. The molecule has 1 unspecified atom stereocenters. The molecule has 0 fully saturated rings. The second-order valence-electron chi connectivity index (χ2n) is 18.5. The molecule has 0 aliphatic heterocycles. The van der Waals surface area contributed by atoms with Gasteiger partial charge in [-0.2, -0.15) is 0 Å². The minimum Gasteiger partial charge on any atom is -0.462 e. The van der Waals surface area contributed by atoms with Crippen molar-refractivity contribution in [2.45, 2.75) is 264 Å². The maximum atomic E-state index is 12.8. The molecule has 1 atom stereocenters. The summed E-state index contributed by atoms with van der Waals surface area (Å²) < 4.78 is 16.8. The largest absolute Gasteiger partial charge is 0.462 e. The molecule has 0 aromatic rings. The molecule has 6 heteroatoms. The van der Waals surface area contributed by atoms with Crippen LogP contribution in [0.25, 0.3) is 0 Å². The lowest BCUT2D eigenvalue weighted by atomic mass is 10.1. The number of carbonyl (C=O) groups excluding carboxylic acids is 3. The van der Waals surface area contributed by atoms with Crippen LogP contribution in [-0.2, 0) is 28.6 Å². The van der Waals surface area contributed by atoms with Crippen molar-refractivity contribution in [1.29, 1.82) is 0 Å². The van der Waals surface area contributed by atoms with Gasteiger partial charge in [0, 0.05) is 19.3 Å². The van der Waals surface area contributed by atoms with Crippen molar-refractivity contribution in [1.82, 2.24) is 0 Å². The van der Waals surface area contributed by atoms with E-state index >= 15 is 0 Å². The SMILES string of the molecule is CC/C=C\C/C=C\C/C=C\C/C=C\C/C=C\C/C=C\CCCCC(=O)OCC(COC(=O)CCCCCCC/C=C\CCC)OC(=O)CCCCCCCCCCC/C=C\CCCCCCCC. The zero-order valence-electron chi connectivity index (χ0n) is 44.3. The van der Waals surface area contributed by atoms with Crippen molar-refractivity contribution >= 4 is 17.9 Å². The average molecular weight is 946 g/mol. The van der Waals surface area contributed by atoms with Crippen LogP contribution in [-0.4, -0.2) is 37.2 Å². The number of ether oxygens (including phenoxy) is 3. The molecular formula is C62H104O6. The molecule has 0 aromatic carbocycles. The Hall–Kier alpha value is -3.67. The maximum absolute atomic E-state index is 12.8. The highest BCUT2D eigenvalue weighted by atomic mass is 16.6. The summed E-state index contributed by atoms with van der Waals surface area (Å²) in [6.07, 6.45) is 74.0. The van der Waals surface area contributed by atoms with Crippen molar-refractivity contribution in [3.63, 3.8) is 0 Å². The second-order valence-corrected chi connectivity index (χ2v) is 18.5. The summed E-state index contributed by atoms with van der Waals surface area (Å²) >= 11 is 0. The fourth-order valence-electron chi connectivity index (χ4n) is 7.56. The lowest BCUT2D eigenvalue weighted by molar-refractivity contribution is -0.167. The van der Waals surface area contributed by atoms with Crippen LogP contribution < -0.4 is 0 Å². The first-order valence-electron chi connectivity index (χ1n) is 28.2. The Labute approximate surface area is 419 Å². The number of hydrogen-bond acceptors (Lipinski definition) is 6. The Morgan fingerprint density at radius 1 is 0.309 bits per heavy atom. The fraction of sp³-hybridized carbons (Fsp3) is 0.694. The standard InChI is InChI=1S/C62H104O6/c1-4-7-10-13-16-19-22-24-26-28-30-31-33-34-36-38-40-43-46-49-52-55-61(64)67-58-59(57-66-60(63)54-51-48-45-42-21-18-15-12-9-6-3)68-62(65)56-53-50-47-44-41-39-37-35-32-29-27-25-23-20-17-14-11-8-5-2/h7,10,12,15-16,19,24-27,30-31,34,36,40,43,59H,4-6,8-9,11,13-14,17-18,20-23,28-29,32-33,35,37-39,41-42,44-58H2,1-3H3/b10-7-,15-12-,19-16-,26-24-,27-25-,31-30-,36-34-,43-40-. The highest BCUT2D eigenvalue weighted by Gasteiger charge is 2.19. The van der Waals surface area contributed by atoms with Gasteiger partial charge in [0.1, 0.15) is 13.2 Å². The lowest BCUT2D eigenvalue weighted by Gasteiger charge is -2.18. The van der Waals surface area contributed by atoms with Gasteiger partial charge in [-0.25, -0.2) is 0 Å². The first-order chi connectivity index (χ1) is 33.5. The Morgan fingerprint density at radius 3 is 1.00 bits per heavy atom. The third kappa shape index (κ3) is 53.3. The first kappa shape index (κ1) is 64.3. The van der Waals surface area contributed by atoms with E-state index in [0.717, 1.165) is 116 Å². The van der Waals surface area contributed by atoms with Crippen molar-refractivity contribution in [2.24, 2.45) is 0 Å². The van der Waals surface area contributed by atoms with E-state index in [2.05, 4.69) is 118 Å². The monoisotopic (exact) mass is 945 g/mol. The molecule has 0 radical (unpaired) electrons. The Balaban J connectivity index is 4.40. The number of hydrogen-bond donors (Lipinski definition) is 0. The topological polar surface area (TPSA) is 78.9 Å². The van der Waals surface area contributed by atoms with Crippen molar-refractivity contribution in [2.75, 3.05) is 13.2 Å². The van der Waals surface area contributed by atoms with Crippen LogP contribution in [0.5, 0.6) is 0 Å². The van der Waals surface area contributed by atoms with E-state index < -0.39 is 6.10 Å². The first-order valence-corrected chi connectivity index (χ1v) is 28.2. The van der Waals surface area contributed by atoms with E-state index in [1.165, 1.54) is 103 Å². The van der Waals surface area contributed by atoms with E-state index in [-0.39, 0.29) is 31.1 Å². The van der Waals surface area contributed by atoms with Crippen LogP contribution in [0.2, 0.25) is 0 Å². The molecule has 0 aliphatic rings. The molecule has 6 nitrogen and oxygen atoms in total. The molecule has 0 spiro atoms. The lowest BCUT2D eigenvalue weighted by Crippen LogP contribution is -2.30. The number of allylic oxidation sites excluding steroid dienone is 16. The number of esters is 3. The smallest absolute Gasteiger partial charge is 0.306 e. The van der Waals surface area contributed by atoms with E-state index in [1.54, 1.807) is 0 Å². The third-order valence-corrected chi connectivity index (χ3v) is 11.8. The zero-order chi connectivity index (χ0) is 49.3. The minimum absolute atomic E-state index is 0.0971. The van der Waals surface area contributed by atoms with Gasteiger partial charge in [-0.15, -0.1) is 0 Å². The quantitative estimate of drug-likeness (QED) is 0.0262. The summed E-state index contributed by atoms with van der Waals surface area (Å²) in [5.41, 5.74) is 0. The van der Waals surface area contributed by atoms with Crippen LogP contribution in [0.4, 0.5) is 0 Å². The summed E-state index contributed by atoms with van der Waals surface area (Å²) in [5, 5.41) is 0. The summed E-state index contributed by atoms with van der Waals surface area (Å²) in [5.74, 6) is -0.953. The van der Waals surface area contributed by atoms with E-state index in [4.69, 9.17) is 14.2 Å². The van der Waals surface area contributed by atoms with Gasteiger partial charge >= 0.3 is 17.9 Å². The summed E-state index contributed by atoms with van der Waals surface area (Å²) in [7, 11) is 0. The summed E-state index contributed by atoms with van der Waals surface area (Å²) in [6.45, 7) is 6.42. The summed E-state index contributed by atoms with van der Waals surface area (Å²) in [6, 6.07) is 0. The van der Waals surface area contributed by atoms with Crippen molar-refractivity contribution in [3.8, 4) is 0 Å². The normalized spacial score (nSPS) is 12.8. The molecule has 0 N–H and O–H groups in total. The highest BCUT2D eigenvalue weighted by molar-refractivity contribution is 5.71. The molecule has 0 amide bonds. The van der Waals surface area contributed by atoms with E-state index in [9.17, 15) is 14.4 Å². The molecule has 0 heterocycles. The van der Waals surface area contributed by atoms with E-state index in [1.807, 2.05) is 0 Å².